The number of nitrogens with zero attached hydrogens (tertiary/aromatic N) is 9. The summed E-state index contributed by atoms with van der Waals surface area (Å²) in [5, 5.41) is 15.4. The van der Waals surface area contributed by atoms with Crippen LogP contribution in [-0.4, -0.2) is 88.8 Å². The van der Waals surface area contributed by atoms with Crippen molar-refractivity contribution in [3.63, 3.8) is 0 Å². The van der Waals surface area contributed by atoms with Crippen LogP contribution < -0.4 is 15.5 Å². The fourth-order valence-electron chi connectivity index (χ4n) is 7.64. The molecule has 3 aliphatic rings. The molecule has 302 valence electrons. The fourth-order valence-corrected chi connectivity index (χ4v) is 8.02. The van der Waals surface area contributed by atoms with E-state index in [0.717, 1.165) is 50.9 Å². The maximum absolute atomic E-state index is 13.3. The highest BCUT2D eigenvalue weighted by atomic mass is 35.5. The van der Waals surface area contributed by atoms with E-state index in [9.17, 15) is 27.6 Å². The second kappa shape index (κ2) is 14.5. The van der Waals surface area contributed by atoms with Gasteiger partial charge in [0.1, 0.15) is 11.2 Å². The number of amides is 4. The predicted octanol–water partition coefficient (Wildman–Crippen LogP) is 5.83. The lowest BCUT2D eigenvalue weighted by atomic mass is 9.56. The average molecular weight is 819 g/mol. The Morgan fingerprint density at radius 3 is 2.50 bits per heavy atom. The van der Waals surface area contributed by atoms with E-state index in [1.54, 1.807) is 13.1 Å². The summed E-state index contributed by atoms with van der Waals surface area (Å²) in [5.41, 5.74) is 1.96. The lowest BCUT2D eigenvalue weighted by Crippen LogP contribution is -2.62. The molecule has 1 atom stereocenters. The van der Waals surface area contributed by atoms with Gasteiger partial charge in [-0.15, -0.1) is 0 Å². The van der Waals surface area contributed by atoms with Crippen LogP contribution >= 0.6 is 11.6 Å². The number of hydrogen-bond donors (Lipinski definition) is 3. The first-order valence-electron chi connectivity index (χ1n) is 18.6. The van der Waals surface area contributed by atoms with E-state index in [0.29, 0.717) is 40.3 Å². The fraction of sp³-hybridized carbons (Fsp3) is 0.421. The molecule has 6 heterocycles. The number of benzene rings is 1. The number of carbonyl (C=O) groups is 3. The molecule has 8 rings (SSSR count). The second-order valence-electron chi connectivity index (χ2n) is 15.6. The van der Waals surface area contributed by atoms with Crippen molar-refractivity contribution in [2.45, 2.75) is 77.1 Å². The standard InChI is InChI=1S/C38H38ClF3N12O4/c1-19-24(15-45-32(47-19)25-10-27(58-52-25)33(56)46-16-28-48-34(51-50-28)36(3,4)38(40,41)42)31-43-13-22(14-44-31)20(2)53-17-37(18-53)11-21(12-37)23-6-5-7-26(30(23)39)54-9-8-29(55)49-35(54)57/h5-7,10,13-15,20-21H,8-9,11-12,16-18H2,1-4H3,(H,46,56)(H,48,50,51)(H,49,55,57). The number of likely N-dealkylation sites (tertiary alicyclic amines) is 1. The van der Waals surface area contributed by atoms with Gasteiger partial charge in [0.15, 0.2) is 23.2 Å². The van der Waals surface area contributed by atoms with Gasteiger partial charge >= 0.3 is 12.2 Å². The molecule has 0 radical (unpaired) electrons. The Labute approximate surface area is 334 Å². The molecular formula is C38H38ClF3N12O4. The molecule has 20 heteroatoms. The van der Waals surface area contributed by atoms with E-state index in [1.165, 1.54) is 11.0 Å². The van der Waals surface area contributed by atoms with Crippen molar-refractivity contribution in [2.24, 2.45) is 5.41 Å². The van der Waals surface area contributed by atoms with E-state index < -0.39 is 29.4 Å². The zero-order chi connectivity index (χ0) is 41.1. The molecular weight excluding hydrogens is 781 g/mol. The summed E-state index contributed by atoms with van der Waals surface area (Å²) in [4.78, 5) is 62.8. The third kappa shape index (κ3) is 7.16. The molecule has 0 bridgehead atoms. The van der Waals surface area contributed by atoms with Crippen LogP contribution in [0.5, 0.6) is 0 Å². The highest BCUT2D eigenvalue weighted by Gasteiger charge is 2.54. The molecule has 16 nitrogen and oxygen atoms in total. The molecule has 2 aliphatic heterocycles. The van der Waals surface area contributed by atoms with Crippen molar-refractivity contribution in [2.75, 3.05) is 24.5 Å². The number of H-pyrrole nitrogens is 1. The summed E-state index contributed by atoms with van der Waals surface area (Å²) in [6.45, 7) is 7.80. The third-order valence-corrected chi connectivity index (χ3v) is 11.7. The normalized spacial score (nSPS) is 17.8. The number of aromatic amines is 1. The Balaban J connectivity index is 0.842. The molecule has 3 fully saturated rings. The van der Waals surface area contributed by atoms with Crippen molar-refractivity contribution in [3.05, 3.63) is 82.1 Å². The minimum absolute atomic E-state index is 0.0372. The van der Waals surface area contributed by atoms with E-state index in [-0.39, 0.29) is 53.4 Å². The van der Waals surface area contributed by atoms with Gasteiger partial charge < -0.3 is 9.84 Å². The lowest BCUT2D eigenvalue weighted by Gasteiger charge is -2.61. The zero-order valence-corrected chi connectivity index (χ0v) is 32.6. The van der Waals surface area contributed by atoms with Crippen LogP contribution in [0.25, 0.3) is 22.9 Å². The van der Waals surface area contributed by atoms with Gasteiger partial charge in [-0.25, -0.2) is 29.7 Å². The highest BCUT2D eigenvalue weighted by molar-refractivity contribution is 6.34. The average Bonchev–Trinajstić information content (AvgIpc) is 3.85. The van der Waals surface area contributed by atoms with Crippen LogP contribution in [0.2, 0.25) is 5.02 Å². The number of aromatic nitrogens is 8. The SMILES string of the molecule is Cc1nc(-c2cc(C(=O)NCc3nc(C(C)(C)C(F)(F)F)n[nH]3)on2)ncc1-c1ncc(C(C)N2CC3(CC(c4cccc(N5CCC(=O)NC5=O)c4Cl)C3)C2)cn1. The summed E-state index contributed by atoms with van der Waals surface area (Å²) in [7, 11) is 0. The van der Waals surface area contributed by atoms with Gasteiger partial charge in [-0.1, -0.05) is 28.9 Å². The molecule has 3 N–H and O–H groups in total. The van der Waals surface area contributed by atoms with Crippen molar-refractivity contribution >= 4 is 35.1 Å². The van der Waals surface area contributed by atoms with Crippen molar-refractivity contribution < 1.29 is 32.1 Å². The van der Waals surface area contributed by atoms with Crippen molar-refractivity contribution in [1.29, 1.82) is 0 Å². The summed E-state index contributed by atoms with van der Waals surface area (Å²) < 4.78 is 45.2. The van der Waals surface area contributed by atoms with Crippen LogP contribution in [0, 0.1) is 12.3 Å². The number of imide groups is 1. The van der Waals surface area contributed by atoms with Crippen LogP contribution in [0.3, 0.4) is 0 Å². The van der Waals surface area contributed by atoms with Crippen LogP contribution in [0.4, 0.5) is 23.7 Å². The topological polar surface area (TPSA) is 201 Å². The van der Waals surface area contributed by atoms with Gasteiger partial charge in [-0.3, -0.25) is 29.8 Å². The molecule has 1 saturated carbocycles. The molecule has 1 spiro atoms. The monoisotopic (exact) mass is 818 g/mol. The molecule has 2 saturated heterocycles. The van der Waals surface area contributed by atoms with Crippen LogP contribution in [0.1, 0.15) is 91.0 Å². The van der Waals surface area contributed by atoms with E-state index >= 15 is 0 Å². The molecule has 4 aromatic heterocycles. The number of alkyl halides is 3. The molecule has 4 amide bonds. The van der Waals surface area contributed by atoms with Gasteiger partial charge in [0.25, 0.3) is 5.91 Å². The quantitative estimate of drug-likeness (QED) is 0.153. The number of rotatable bonds is 10. The number of carbonyl (C=O) groups excluding carboxylic acids is 3. The maximum atomic E-state index is 13.3. The summed E-state index contributed by atoms with van der Waals surface area (Å²) in [5.74, 6) is -0.577. The largest absolute Gasteiger partial charge is 0.401 e. The number of urea groups is 1. The van der Waals surface area contributed by atoms with E-state index in [4.69, 9.17) is 16.1 Å². The van der Waals surface area contributed by atoms with Crippen molar-refractivity contribution in [1.82, 2.24) is 55.8 Å². The van der Waals surface area contributed by atoms with Gasteiger partial charge in [0, 0.05) is 62.3 Å². The minimum Gasteiger partial charge on any atom is -0.350 e. The molecule has 58 heavy (non-hydrogen) atoms. The van der Waals surface area contributed by atoms with Crippen LogP contribution in [0.15, 0.2) is 47.4 Å². The number of halogens is 4. The highest BCUT2D eigenvalue weighted by Crippen LogP contribution is 2.59. The van der Waals surface area contributed by atoms with Gasteiger partial charge in [0.05, 0.1) is 28.5 Å². The molecule has 1 aliphatic carbocycles. The Kier molecular flexibility index (Phi) is 9.78. The lowest BCUT2D eigenvalue weighted by molar-refractivity contribution is -0.182. The van der Waals surface area contributed by atoms with Gasteiger partial charge in [-0.2, -0.15) is 18.3 Å². The zero-order valence-electron chi connectivity index (χ0n) is 31.8. The Hall–Kier alpha value is -5.82. The smallest absolute Gasteiger partial charge is 0.350 e. The van der Waals surface area contributed by atoms with E-state index in [2.05, 4.69) is 62.7 Å². The Morgan fingerprint density at radius 2 is 1.81 bits per heavy atom. The van der Waals surface area contributed by atoms with Crippen molar-refractivity contribution in [3.8, 4) is 22.9 Å². The Bertz CT molecular complexity index is 2400. The first-order valence-corrected chi connectivity index (χ1v) is 18.9. The Morgan fingerprint density at radius 1 is 1.09 bits per heavy atom. The number of hydrogen-bond acceptors (Lipinski definition) is 12. The third-order valence-electron chi connectivity index (χ3n) is 11.3. The summed E-state index contributed by atoms with van der Waals surface area (Å²) in [6.07, 6.45) is 2.87. The first kappa shape index (κ1) is 39.0. The first-order chi connectivity index (χ1) is 27.5. The molecule has 1 unspecified atom stereocenters. The predicted molar refractivity (Wildman–Crippen MR) is 201 cm³/mol. The maximum Gasteiger partial charge on any atom is 0.401 e. The van der Waals surface area contributed by atoms with E-state index in [1.807, 2.05) is 30.6 Å². The summed E-state index contributed by atoms with van der Waals surface area (Å²) >= 11 is 6.84. The number of anilines is 1. The number of nitrogens with one attached hydrogen (secondary N) is 3. The van der Waals surface area contributed by atoms with Gasteiger partial charge in [0.2, 0.25) is 11.7 Å². The van der Waals surface area contributed by atoms with Gasteiger partial charge in [-0.05, 0) is 63.5 Å². The number of aryl methyl sites for hydroxylation is 1. The minimum atomic E-state index is -4.56. The molecule has 1 aromatic carbocycles. The summed E-state index contributed by atoms with van der Waals surface area (Å²) in [6, 6.07) is 6.76. The van der Waals surface area contributed by atoms with Crippen LogP contribution in [-0.2, 0) is 16.8 Å². The molecule has 5 aromatic rings. The second-order valence-corrected chi connectivity index (χ2v) is 16.0.